The molecule has 31 heavy (non-hydrogen) atoms. The highest BCUT2D eigenvalue weighted by Gasteiger charge is 2.20. The number of aryl methyl sites for hydroxylation is 1. The van der Waals surface area contributed by atoms with Gasteiger partial charge in [-0.1, -0.05) is 17.3 Å². The van der Waals surface area contributed by atoms with Crippen LogP contribution >= 0.6 is 0 Å². The molecular weight excluding hydrogens is 430 g/mol. The Hall–Kier alpha value is -3.71. The Morgan fingerprint density at radius 2 is 2.03 bits per heavy atom. The average Bonchev–Trinajstić information content (AvgIpc) is 3.32. The fraction of sp³-hybridized carbons (Fsp3) is 0.222. The lowest BCUT2D eigenvalue weighted by atomic mass is 10.2. The van der Waals surface area contributed by atoms with Gasteiger partial charge in [0.1, 0.15) is 16.3 Å². The third kappa shape index (κ3) is 5.46. The minimum absolute atomic E-state index is 0.0278. The zero-order valence-corrected chi connectivity index (χ0v) is 17.4. The first-order chi connectivity index (χ1) is 14.7. The molecule has 3 rings (SSSR count). The van der Waals surface area contributed by atoms with E-state index in [0.717, 1.165) is 6.07 Å². The quantitative estimate of drug-likeness (QED) is 0.468. The van der Waals surface area contributed by atoms with E-state index in [9.17, 15) is 18.0 Å². The molecule has 164 valence electrons. The molecule has 12 nitrogen and oxygen atoms in total. The van der Waals surface area contributed by atoms with Crippen LogP contribution in [0.3, 0.4) is 0 Å². The molecule has 0 radical (unpaired) electrons. The van der Waals surface area contributed by atoms with Crippen molar-refractivity contribution in [3.63, 3.8) is 0 Å². The van der Waals surface area contributed by atoms with Gasteiger partial charge in [-0.15, -0.1) is 0 Å². The maximum atomic E-state index is 12.2. The third-order valence-corrected chi connectivity index (χ3v) is 4.93. The van der Waals surface area contributed by atoms with Gasteiger partial charge in [0.05, 0.1) is 19.2 Å². The topological polar surface area (TPSA) is 169 Å². The number of methoxy groups -OCH3 is 1. The van der Waals surface area contributed by atoms with E-state index in [1.807, 2.05) is 0 Å². The number of hydrogen-bond donors (Lipinski definition) is 2. The molecule has 0 spiro atoms. The smallest absolute Gasteiger partial charge is 0.355 e. The summed E-state index contributed by atoms with van der Waals surface area (Å²) < 4.78 is 39.2. The Morgan fingerprint density at radius 1 is 1.29 bits per heavy atom. The van der Waals surface area contributed by atoms with Gasteiger partial charge in [-0.3, -0.25) is 4.79 Å². The number of nitrogens with one attached hydrogen (secondary N) is 1. The molecule has 0 aliphatic carbocycles. The first-order valence-corrected chi connectivity index (χ1v) is 10.3. The highest BCUT2D eigenvalue weighted by molar-refractivity contribution is 7.89. The van der Waals surface area contributed by atoms with E-state index in [-0.39, 0.29) is 35.3 Å². The van der Waals surface area contributed by atoms with Gasteiger partial charge in [0, 0.05) is 13.2 Å². The maximum Gasteiger partial charge on any atom is 0.355 e. The van der Waals surface area contributed by atoms with E-state index in [2.05, 4.69) is 15.5 Å². The van der Waals surface area contributed by atoms with E-state index in [4.69, 9.17) is 19.1 Å². The van der Waals surface area contributed by atoms with Crippen LogP contribution in [0.4, 0.5) is 5.69 Å². The monoisotopic (exact) mass is 449 g/mol. The van der Waals surface area contributed by atoms with Crippen LogP contribution in [0.2, 0.25) is 0 Å². The van der Waals surface area contributed by atoms with Crippen LogP contribution in [0.1, 0.15) is 22.2 Å². The first kappa shape index (κ1) is 22.0. The standard InChI is InChI=1S/C18H19N5O7S/c1-23-9-11(31(19,26)27)7-13(23)18(25)29-10-17-21-15(22-30-17)8-16(24)20-12-5-3-4-6-14(12)28-2/h3-7,9H,8,10H2,1-2H3,(H,20,24)(H2,19,26,27). The predicted molar refractivity (Wildman–Crippen MR) is 106 cm³/mol. The van der Waals surface area contributed by atoms with Crippen molar-refractivity contribution in [2.75, 3.05) is 12.4 Å². The van der Waals surface area contributed by atoms with Crippen LogP contribution in [-0.2, 0) is 39.6 Å². The summed E-state index contributed by atoms with van der Waals surface area (Å²) >= 11 is 0. The lowest BCUT2D eigenvalue weighted by Gasteiger charge is -2.08. The molecule has 2 aromatic heterocycles. The Bertz CT molecular complexity index is 1220. The molecule has 0 saturated heterocycles. The molecule has 0 fully saturated rings. The van der Waals surface area contributed by atoms with Crippen LogP contribution < -0.4 is 15.2 Å². The second-order valence-corrected chi connectivity index (χ2v) is 7.88. The molecule has 0 aliphatic heterocycles. The maximum absolute atomic E-state index is 12.2. The lowest BCUT2D eigenvalue weighted by molar-refractivity contribution is -0.115. The number of benzene rings is 1. The van der Waals surface area contributed by atoms with Crippen molar-refractivity contribution in [2.24, 2.45) is 12.2 Å². The lowest BCUT2D eigenvalue weighted by Crippen LogP contribution is -2.15. The average molecular weight is 449 g/mol. The Kier molecular flexibility index (Phi) is 6.36. The molecule has 0 saturated carbocycles. The van der Waals surface area contributed by atoms with Gasteiger partial charge in [-0.25, -0.2) is 18.4 Å². The van der Waals surface area contributed by atoms with Gasteiger partial charge in [-0.05, 0) is 18.2 Å². The summed E-state index contributed by atoms with van der Waals surface area (Å²) in [4.78, 5) is 28.2. The predicted octanol–water partition coefficient (Wildman–Crippen LogP) is 0.602. The number of carbonyl (C=O) groups excluding carboxylic acids is 2. The summed E-state index contributed by atoms with van der Waals surface area (Å²) in [5.41, 5.74) is 0.467. The van der Waals surface area contributed by atoms with Gasteiger partial charge in [-0.2, -0.15) is 4.98 Å². The van der Waals surface area contributed by atoms with E-state index in [0.29, 0.717) is 11.4 Å². The molecule has 3 aromatic rings. The number of sulfonamides is 1. The molecule has 0 unspecified atom stereocenters. The number of amides is 1. The van der Waals surface area contributed by atoms with Gasteiger partial charge in [0.15, 0.2) is 12.4 Å². The minimum atomic E-state index is -3.96. The number of ether oxygens (including phenoxy) is 2. The van der Waals surface area contributed by atoms with E-state index in [1.165, 1.54) is 24.9 Å². The fourth-order valence-electron chi connectivity index (χ4n) is 2.60. The van der Waals surface area contributed by atoms with E-state index >= 15 is 0 Å². The van der Waals surface area contributed by atoms with E-state index < -0.39 is 21.9 Å². The SMILES string of the molecule is COc1ccccc1NC(=O)Cc1noc(COC(=O)c2cc(S(N)(=O)=O)cn2C)n1. The summed E-state index contributed by atoms with van der Waals surface area (Å²) in [6.45, 7) is -0.365. The highest BCUT2D eigenvalue weighted by atomic mass is 32.2. The summed E-state index contributed by atoms with van der Waals surface area (Å²) in [5, 5.41) is 11.4. The number of nitrogens with zero attached hydrogens (tertiary/aromatic N) is 3. The Balaban J connectivity index is 1.57. The van der Waals surface area contributed by atoms with Crippen LogP contribution in [0.25, 0.3) is 0 Å². The summed E-state index contributed by atoms with van der Waals surface area (Å²) in [6, 6.07) is 8.00. The van der Waals surface area contributed by atoms with Crippen molar-refractivity contribution < 1.29 is 32.0 Å². The number of esters is 1. The molecular formula is C18H19N5O7S. The first-order valence-electron chi connectivity index (χ1n) is 8.78. The molecule has 3 N–H and O–H groups in total. The summed E-state index contributed by atoms with van der Waals surface area (Å²) in [7, 11) is -0.998. The van der Waals surface area contributed by atoms with Crippen LogP contribution in [0.5, 0.6) is 5.75 Å². The summed E-state index contributed by atoms with van der Waals surface area (Å²) in [6.07, 6.45) is 1.02. The van der Waals surface area contributed by atoms with Crippen LogP contribution in [-0.4, -0.2) is 42.1 Å². The minimum Gasteiger partial charge on any atom is -0.495 e. The number of rotatable bonds is 8. The number of para-hydroxylation sites is 2. The third-order valence-electron chi connectivity index (χ3n) is 4.05. The molecule has 2 heterocycles. The second kappa shape index (κ2) is 8.97. The number of anilines is 1. The van der Waals surface area contributed by atoms with Crippen LogP contribution in [0.15, 0.2) is 45.9 Å². The largest absolute Gasteiger partial charge is 0.495 e. The van der Waals surface area contributed by atoms with Crippen molar-refractivity contribution in [3.05, 3.63) is 53.9 Å². The van der Waals surface area contributed by atoms with Crippen LogP contribution in [0, 0.1) is 0 Å². The normalized spacial score (nSPS) is 11.2. The molecule has 0 aliphatic rings. The summed E-state index contributed by atoms with van der Waals surface area (Å²) in [5.74, 6) is -0.648. The molecule has 13 heteroatoms. The van der Waals surface area contributed by atoms with Crippen molar-refractivity contribution in [2.45, 2.75) is 17.9 Å². The zero-order valence-electron chi connectivity index (χ0n) is 16.6. The van der Waals surface area contributed by atoms with Crippen molar-refractivity contribution in [1.29, 1.82) is 0 Å². The Labute approximate surface area is 177 Å². The fourth-order valence-corrected chi connectivity index (χ4v) is 3.18. The second-order valence-electron chi connectivity index (χ2n) is 6.32. The van der Waals surface area contributed by atoms with Crippen molar-refractivity contribution in [1.82, 2.24) is 14.7 Å². The molecule has 1 aromatic carbocycles. The van der Waals surface area contributed by atoms with E-state index in [1.54, 1.807) is 24.3 Å². The molecule has 0 atom stereocenters. The van der Waals surface area contributed by atoms with Crippen molar-refractivity contribution in [3.8, 4) is 5.75 Å². The molecule has 0 bridgehead atoms. The number of primary sulfonamides is 1. The number of carbonyl (C=O) groups is 2. The van der Waals surface area contributed by atoms with Crippen molar-refractivity contribution >= 4 is 27.6 Å². The van der Waals surface area contributed by atoms with Gasteiger partial charge < -0.3 is 23.9 Å². The highest BCUT2D eigenvalue weighted by Crippen LogP contribution is 2.23. The molecule has 1 amide bonds. The van der Waals surface area contributed by atoms with Gasteiger partial charge >= 0.3 is 5.97 Å². The zero-order chi connectivity index (χ0) is 22.6. The number of hydrogen-bond acceptors (Lipinski definition) is 9. The number of nitrogens with two attached hydrogens (primary N) is 1. The Morgan fingerprint density at radius 3 is 2.71 bits per heavy atom. The number of aromatic nitrogens is 3. The van der Waals surface area contributed by atoms with Gasteiger partial charge in [0.2, 0.25) is 15.9 Å². The van der Waals surface area contributed by atoms with Gasteiger partial charge in [0.25, 0.3) is 5.89 Å².